The smallest absolute Gasteiger partial charge is 0.480 e. The Kier molecular flexibility index (Phi) is 13.3. The van der Waals surface area contributed by atoms with Gasteiger partial charge in [0.05, 0.1) is 11.8 Å². The van der Waals surface area contributed by atoms with Crippen molar-refractivity contribution in [3.63, 3.8) is 0 Å². The molecule has 1 saturated heterocycles. The fourth-order valence-corrected chi connectivity index (χ4v) is 7.11. The van der Waals surface area contributed by atoms with Crippen LogP contribution in [0.2, 0.25) is 0 Å². The molecule has 59 heavy (non-hydrogen) atoms. The monoisotopic (exact) mass is 857 g/mol. The SMILES string of the molecule is CC1=NO[C@@]2(CC[C@H](C)N3C[C@H]2n2cc(C(=O)NCc4ccc(F)cc4F)c(=O)c(OCOC(=O)OCC(C)(C)CN(CC(=O)O)C(=O)OCOP(=O)(O)O)c2C3=O)C1. The number of amides is 3. The molecule has 4 N–H and O–H groups in total. The molecule has 3 atom stereocenters. The lowest BCUT2D eigenvalue weighted by Gasteiger charge is -2.42. The van der Waals surface area contributed by atoms with Gasteiger partial charge in [-0.15, -0.1) is 0 Å². The van der Waals surface area contributed by atoms with Crippen LogP contribution >= 0.6 is 7.82 Å². The highest BCUT2D eigenvalue weighted by molar-refractivity contribution is 7.46. The molecule has 0 aliphatic carbocycles. The number of aliphatic carboxylic acids is 1. The molecule has 21 nitrogen and oxygen atoms in total. The third kappa shape index (κ3) is 10.7. The number of rotatable bonds is 15. The zero-order valence-electron chi connectivity index (χ0n) is 32.2. The molecule has 1 aromatic heterocycles. The minimum Gasteiger partial charge on any atom is -0.480 e. The molecule has 2 aromatic rings. The summed E-state index contributed by atoms with van der Waals surface area (Å²) in [6.07, 6.45) is -0.185. The van der Waals surface area contributed by atoms with E-state index in [1.807, 2.05) is 6.92 Å². The van der Waals surface area contributed by atoms with Crippen molar-refractivity contribution >= 4 is 43.6 Å². The number of benzene rings is 1. The molecule has 0 unspecified atom stereocenters. The predicted octanol–water partition coefficient (Wildman–Crippen LogP) is 2.88. The Labute approximate surface area is 333 Å². The molecule has 1 fully saturated rings. The molecule has 5 rings (SSSR count). The van der Waals surface area contributed by atoms with Crippen molar-refractivity contribution in [2.24, 2.45) is 10.6 Å². The minimum atomic E-state index is -5.00. The highest BCUT2D eigenvalue weighted by Gasteiger charge is 2.54. The second kappa shape index (κ2) is 17.7. The van der Waals surface area contributed by atoms with Gasteiger partial charge in [0, 0.05) is 55.3 Å². The molecule has 3 aliphatic rings. The number of halogens is 2. The number of nitrogens with zero attached hydrogens (tertiary/aromatic N) is 4. The lowest BCUT2D eigenvalue weighted by molar-refractivity contribution is -0.138. The number of carbonyl (C=O) groups excluding carboxylic acids is 4. The van der Waals surface area contributed by atoms with E-state index in [1.165, 1.54) is 24.6 Å². The molecular formula is C35H42F2N5O16P. The number of hydrogen-bond acceptors (Lipinski definition) is 14. The first-order chi connectivity index (χ1) is 27.6. The number of nitrogens with one attached hydrogen (secondary N) is 1. The number of phosphoric ester groups is 1. The van der Waals surface area contributed by atoms with E-state index in [9.17, 15) is 47.2 Å². The van der Waals surface area contributed by atoms with E-state index in [-0.39, 0.29) is 23.8 Å². The van der Waals surface area contributed by atoms with E-state index < -0.39 is 123 Å². The van der Waals surface area contributed by atoms with Crippen LogP contribution < -0.4 is 15.5 Å². The first-order valence-corrected chi connectivity index (χ1v) is 19.4. The van der Waals surface area contributed by atoms with Crippen LogP contribution in [0.25, 0.3) is 0 Å². The Morgan fingerprint density at radius 3 is 2.51 bits per heavy atom. The normalized spacial score (nSPS) is 19.8. The van der Waals surface area contributed by atoms with Crippen LogP contribution in [-0.4, -0.2) is 116 Å². The molecule has 322 valence electrons. The first kappa shape index (κ1) is 44.5. The summed E-state index contributed by atoms with van der Waals surface area (Å²) in [4.78, 5) is 104. The molecular weight excluding hydrogens is 815 g/mol. The van der Waals surface area contributed by atoms with Gasteiger partial charge in [-0.05, 0) is 32.8 Å². The number of oxime groups is 1. The third-order valence-corrected chi connectivity index (χ3v) is 10.1. The molecule has 0 saturated carbocycles. The predicted molar refractivity (Wildman–Crippen MR) is 194 cm³/mol. The quantitative estimate of drug-likeness (QED) is 0.114. The van der Waals surface area contributed by atoms with Gasteiger partial charge in [0.1, 0.15) is 30.3 Å². The zero-order chi connectivity index (χ0) is 43.4. The standard InChI is InChI=1S/C35H42F2N5O16P/c1-19-10-35(58-39-19)8-7-20(2)41-13-25(35)42-12-23(30(46)38-11-21-5-6-22(36)9-24(21)37)28(45)29(27(42)31(41)47)54-17-56-33(49)53-16-34(3,4)15-40(14-26(43)44)32(48)55-18-57-59(50,51)52/h5-6,9,12,20,25H,7-8,10-11,13-18H2,1-4H3,(H,38,46)(H,43,44)(H2,50,51,52)/t20-,25+,35-/m0/s1. The van der Waals surface area contributed by atoms with E-state index in [1.54, 1.807) is 11.8 Å². The maximum Gasteiger partial charge on any atom is 0.511 e. The Morgan fingerprint density at radius 2 is 1.86 bits per heavy atom. The third-order valence-electron chi connectivity index (χ3n) is 9.69. The van der Waals surface area contributed by atoms with Crippen LogP contribution in [0.15, 0.2) is 34.3 Å². The van der Waals surface area contributed by atoms with Crippen molar-refractivity contribution in [1.82, 2.24) is 19.7 Å². The second-order valence-corrected chi connectivity index (χ2v) is 16.1. The summed E-state index contributed by atoms with van der Waals surface area (Å²) < 4.78 is 64.6. The second-order valence-electron chi connectivity index (χ2n) is 14.9. The Balaban J connectivity index is 1.35. The largest absolute Gasteiger partial charge is 0.511 e. The molecule has 0 radical (unpaired) electrons. The molecule has 24 heteroatoms. The van der Waals surface area contributed by atoms with Crippen LogP contribution in [-0.2, 0) is 39.5 Å². The average molecular weight is 858 g/mol. The van der Waals surface area contributed by atoms with Gasteiger partial charge in [0.15, 0.2) is 11.3 Å². The fraction of sp³-hybridized carbons (Fsp3) is 0.514. The fourth-order valence-electron chi connectivity index (χ4n) is 6.92. The van der Waals surface area contributed by atoms with Gasteiger partial charge in [-0.2, -0.15) is 0 Å². The summed E-state index contributed by atoms with van der Waals surface area (Å²) in [5.74, 6) is -5.53. The number of aromatic nitrogens is 1. The maximum atomic E-state index is 14.4. The molecule has 3 amide bonds. The molecule has 3 aliphatic heterocycles. The van der Waals surface area contributed by atoms with Crippen LogP contribution in [0.5, 0.6) is 5.75 Å². The summed E-state index contributed by atoms with van der Waals surface area (Å²) in [7, 11) is -5.00. The summed E-state index contributed by atoms with van der Waals surface area (Å²) in [5, 5.41) is 15.8. The molecule has 4 heterocycles. The van der Waals surface area contributed by atoms with Crippen LogP contribution in [0.3, 0.4) is 0 Å². The number of ether oxygens (including phenoxy) is 4. The van der Waals surface area contributed by atoms with Crippen molar-refractivity contribution in [3.8, 4) is 5.75 Å². The highest BCUT2D eigenvalue weighted by atomic mass is 31.2. The summed E-state index contributed by atoms with van der Waals surface area (Å²) in [6, 6.07) is 1.72. The van der Waals surface area contributed by atoms with Crippen LogP contribution in [0.1, 0.15) is 79.4 Å². The Bertz CT molecular complexity index is 2140. The molecule has 1 aromatic carbocycles. The number of pyridine rings is 1. The van der Waals surface area contributed by atoms with Gasteiger partial charge in [-0.25, -0.2) is 27.5 Å². The lowest BCUT2D eigenvalue weighted by Crippen LogP contribution is -2.52. The minimum absolute atomic E-state index is 0.0822. The number of carboxylic acids is 1. The number of fused-ring (bicyclic) bond motifs is 5. The van der Waals surface area contributed by atoms with Crippen molar-refractivity contribution < 1.29 is 80.5 Å². The number of carboxylic acid groups (broad SMARTS) is 1. The topological polar surface area (TPSA) is 271 Å². The van der Waals surface area contributed by atoms with E-state index in [0.29, 0.717) is 35.9 Å². The Morgan fingerprint density at radius 1 is 1.14 bits per heavy atom. The van der Waals surface area contributed by atoms with Gasteiger partial charge in [0.25, 0.3) is 11.8 Å². The highest BCUT2D eigenvalue weighted by Crippen LogP contribution is 2.46. The van der Waals surface area contributed by atoms with E-state index in [2.05, 4.69) is 19.7 Å². The summed E-state index contributed by atoms with van der Waals surface area (Å²) >= 11 is 0. The first-order valence-electron chi connectivity index (χ1n) is 17.9. The van der Waals surface area contributed by atoms with Gasteiger partial charge < -0.3 is 53.5 Å². The summed E-state index contributed by atoms with van der Waals surface area (Å²) in [6.45, 7) is 2.15. The zero-order valence-corrected chi connectivity index (χ0v) is 33.1. The molecule has 2 bridgehead atoms. The van der Waals surface area contributed by atoms with Crippen LogP contribution in [0, 0.1) is 17.0 Å². The number of hydrogen-bond donors (Lipinski definition) is 4. The van der Waals surface area contributed by atoms with Gasteiger partial charge in [0.2, 0.25) is 24.8 Å². The van der Waals surface area contributed by atoms with Crippen LogP contribution in [0.4, 0.5) is 18.4 Å². The van der Waals surface area contributed by atoms with E-state index in [0.717, 1.165) is 12.1 Å². The van der Waals surface area contributed by atoms with E-state index in [4.69, 9.17) is 28.8 Å². The van der Waals surface area contributed by atoms with Gasteiger partial charge >= 0.3 is 26.0 Å². The van der Waals surface area contributed by atoms with Gasteiger partial charge in [-0.3, -0.25) is 24.1 Å². The number of carbonyl (C=O) groups is 5. The number of phosphoric acid groups is 1. The summed E-state index contributed by atoms with van der Waals surface area (Å²) in [5.41, 5.74) is -3.47. The van der Waals surface area contributed by atoms with Crippen molar-refractivity contribution in [3.05, 3.63) is 63.1 Å². The van der Waals surface area contributed by atoms with Crippen molar-refractivity contribution in [2.75, 3.05) is 39.8 Å². The average Bonchev–Trinajstić information content (AvgIpc) is 3.47. The maximum absolute atomic E-state index is 14.4. The Hall–Kier alpha value is -5.64. The van der Waals surface area contributed by atoms with E-state index >= 15 is 0 Å². The van der Waals surface area contributed by atoms with Crippen molar-refractivity contribution in [2.45, 2.75) is 71.2 Å². The van der Waals surface area contributed by atoms with Crippen molar-refractivity contribution in [1.29, 1.82) is 0 Å². The molecule has 1 spiro atoms. The van der Waals surface area contributed by atoms with Gasteiger partial charge in [-0.1, -0.05) is 25.1 Å². The lowest BCUT2D eigenvalue weighted by atomic mass is 9.84.